The second-order valence-electron chi connectivity index (χ2n) is 27.4. The molecule has 19 heteroatoms. The van der Waals surface area contributed by atoms with Crippen molar-refractivity contribution in [1.82, 2.24) is 0 Å². The molecule has 17 nitrogen and oxygen atoms in total. The SMILES string of the molecule is CCCCCCCCCCCCCCCCCCCCC(=O)O[C@H](COC(=O)CCCCCCCCCCC(C)CC)COP(=O)(O)OC[C@@H](O)COP(=O)(O)OC[C@@H](COC(=O)CCCCCCCCCCC(C)C)OC(=O)CCCCCCCCCCCCCC. The lowest BCUT2D eigenvalue weighted by molar-refractivity contribution is -0.161. The van der Waals surface area contributed by atoms with E-state index in [9.17, 15) is 43.2 Å². The molecule has 0 saturated heterocycles. The minimum atomic E-state index is -4.96. The fourth-order valence-electron chi connectivity index (χ4n) is 11.3. The van der Waals surface area contributed by atoms with Gasteiger partial charge in [-0.25, -0.2) is 9.13 Å². The molecule has 0 heterocycles. The van der Waals surface area contributed by atoms with Crippen LogP contribution in [-0.2, 0) is 65.4 Å². The van der Waals surface area contributed by atoms with Gasteiger partial charge in [-0.1, -0.05) is 330 Å². The molecule has 0 rings (SSSR count). The maximum Gasteiger partial charge on any atom is 0.472 e. The molecule has 0 bridgehead atoms. The molecule has 0 spiro atoms. The Hall–Kier alpha value is -1.94. The van der Waals surface area contributed by atoms with Gasteiger partial charge in [0.2, 0.25) is 0 Å². The highest BCUT2D eigenvalue weighted by Gasteiger charge is 2.30. The van der Waals surface area contributed by atoms with E-state index >= 15 is 0 Å². The minimum absolute atomic E-state index is 0.107. The molecule has 0 aromatic heterocycles. The lowest BCUT2D eigenvalue weighted by Gasteiger charge is -2.21. The number of ether oxygens (including phenoxy) is 4. The average molecular weight is 1370 g/mol. The van der Waals surface area contributed by atoms with Crippen LogP contribution < -0.4 is 0 Å². The van der Waals surface area contributed by atoms with Crippen LogP contribution in [0.25, 0.3) is 0 Å². The molecule has 0 aromatic carbocycles. The van der Waals surface area contributed by atoms with Crippen LogP contribution >= 0.6 is 15.6 Å². The predicted octanol–water partition coefficient (Wildman–Crippen LogP) is 21.6. The summed E-state index contributed by atoms with van der Waals surface area (Å²) in [6, 6.07) is 0. The van der Waals surface area contributed by atoms with Crippen molar-refractivity contribution < 1.29 is 80.2 Å². The first-order chi connectivity index (χ1) is 44.9. The zero-order chi connectivity index (χ0) is 68.6. The summed E-state index contributed by atoms with van der Waals surface area (Å²) in [6.07, 6.45) is 52.7. The molecular weight excluding hydrogens is 1220 g/mol. The molecule has 3 unspecified atom stereocenters. The zero-order valence-corrected chi connectivity index (χ0v) is 62.3. The first-order valence-corrected chi connectivity index (χ1v) is 41.5. The number of esters is 4. The fourth-order valence-corrected chi connectivity index (χ4v) is 12.8. The van der Waals surface area contributed by atoms with E-state index in [1.165, 1.54) is 199 Å². The van der Waals surface area contributed by atoms with E-state index in [4.69, 9.17) is 37.0 Å². The van der Waals surface area contributed by atoms with Crippen LogP contribution in [0.1, 0.15) is 382 Å². The van der Waals surface area contributed by atoms with Crippen LogP contribution in [0, 0.1) is 11.8 Å². The topological polar surface area (TPSA) is 237 Å². The number of hydrogen-bond donors (Lipinski definition) is 3. The van der Waals surface area contributed by atoms with Crippen molar-refractivity contribution in [2.24, 2.45) is 11.8 Å². The number of carbonyl (C=O) groups is 4. The number of phosphoric ester groups is 2. The average Bonchev–Trinajstić information content (AvgIpc) is 3.58. The molecule has 0 fully saturated rings. The third-order valence-electron chi connectivity index (χ3n) is 17.6. The van der Waals surface area contributed by atoms with Crippen molar-refractivity contribution >= 4 is 39.5 Å². The number of rotatable bonds is 73. The smallest absolute Gasteiger partial charge is 0.462 e. The molecule has 0 saturated carbocycles. The summed E-state index contributed by atoms with van der Waals surface area (Å²) in [5.74, 6) is -0.614. The van der Waals surface area contributed by atoms with Crippen LogP contribution in [0.3, 0.4) is 0 Å². The van der Waals surface area contributed by atoms with Gasteiger partial charge in [0.1, 0.15) is 19.3 Å². The van der Waals surface area contributed by atoms with Crippen LogP contribution in [-0.4, -0.2) is 96.7 Å². The number of aliphatic hydroxyl groups excluding tert-OH is 1. The Kier molecular flexibility index (Phi) is 64.6. The summed E-state index contributed by atoms with van der Waals surface area (Å²) < 4.78 is 68.4. The number of unbranched alkanes of at least 4 members (excludes halogenated alkanes) is 42. The van der Waals surface area contributed by atoms with Gasteiger partial charge in [0.15, 0.2) is 12.2 Å². The maximum atomic E-state index is 13.1. The van der Waals surface area contributed by atoms with Gasteiger partial charge >= 0.3 is 39.5 Å². The Morgan fingerprint density at radius 3 is 0.817 bits per heavy atom. The number of phosphoric acid groups is 2. The Morgan fingerprint density at radius 1 is 0.312 bits per heavy atom. The normalized spacial score (nSPS) is 14.3. The maximum absolute atomic E-state index is 13.1. The van der Waals surface area contributed by atoms with E-state index in [1.54, 1.807) is 0 Å². The van der Waals surface area contributed by atoms with Crippen LogP contribution in [0.4, 0.5) is 0 Å². The van der Waals surface area contributed by atoms with Gasteiger partial charge in [-0.2, -0.15) is 0 Å². The largest absolute Gasteiger partial charge is 0.472 e. The molecule has 3 N–H and O–H groups in total. The molecule has 0 radical (unpaired) electrons. The molecular formula is C74H144O17P2. The summed E-state index contributed by atoms with van der Waals surface area (Å²) in [6.45, 7) is 9.55. The summed E-state index contributed by atoms with van der Waals surface area (Å²) in [4.78, 5) is 72.7. The molecule has 0 amide bonds. The molecule has 93 heavy (non-hydrogen) atoms. The summed E-state index contributed by atoms with van der Waals surface area (Å²) in [5.41, 5.74) is 0. The van der Waals surface area contributed by atoms with Crippen molar-refractivity contribution in [3.05, 3.63) is 0 Å². The first-order valence-electron chi connectivity index (χ1n) is 38.5. The Morgan fingerprint density at radius 2 is 0.548 bits per heavy atom. The quantitative estimate of drug-likeness (QED) is 0.0222. The van der Waals surface area contributed by atoms with Crippen molar-refractivity contribution in [2.75, 3.05) is 39.6 Å². The van der Waals surface area contributed by atoms with Crippen LogP contribution in [0.15, 0.2) is 0 Å². The van der Waals surface area contributed by atoms with E-state index < -0.39 is 97.5 Å². The lowest BCUT2D eigenvalue weighted by Crippen LogP contribution is -2.30. The summed E-state index contributed by atoms with van der Waals surface area (Å²) in [7, 11) is -9.91. The van der Waals surface area contributed by atoms with Crippen LogP contribution in [0.5, 0.6) is 0 Å². The highest BCUT2D eigenvalue weighted by atomic mass is 31.2. The molecule has 6 atom stereocenters. The Labute approximate surface area is 568 Å². The number of aliphatic hydroxyl groups is 1. The third-order valence-corrected chi connectivity index (χ3v) is 19.5. The molecule has 552 valence electrons. The fraction of sp³-hybridized carbons (Fsp3) is 0.946. The van der Waals surface area contributed by atoms with Gasteiger partial charge in [0.25, 0.3) is 0 Å². The predicted molar refractivity (Wildman–Crippen MR) is 377 cm³/mol. The third kappa shape index (κ3) is 67.0. The van der Waals surface area contributed by atoms with Gasteiger partial charge < -0.3 is 33.8 Å². The molecule has 0 aliphatic carbocycles. The van der Waals surface area contributed by atoms with E-state index in [0.29, 0.717) is 25.7 Å². The van der Waals surface area contributed by atoms with Crippen LogP contribution in [0.2, 0.25) is 0 Å². The molecule has 0 aliphatic rings. The Bertz CT molecular complexity index is 1810. The van der Waals surface area contributed by atoms with E-state index in [0.717, 1.165) is 102 Å². The van der Waals surface area contributed by atoms with Gasteiger partial charge in [0.05, 0.1) is 26.4 Å². The highest BCUT2D eigenvalue weighted by molar-refractivity contribution is 7.47. The second-order valence-corrected chi connectivity index (χ2v) is 30.3. The Balaban J connectivity index is 5.24. The van der Waals surface area contributed by atoms with Crippen molar-refractivity contribution in [3.8, 4) is 0 Å². The van der Waals surface area contributed by atoms with E-state index in [2.05, 4.69) is 41.5 Å². The van der Waals surface area contributed by atoms with Gasteiger partial charge in [-0.3, -0.25) is 37.3 Å². The van der Waals surface area contributed by atoms with Crippen molar-refractivity contribution in [2.45, 2.75) is 400 Å². The summed E-state index contributed by atoms with van der Waals surface area (Å²) >= 11 is 0. The lowest BCUT2D eigenvalue weighted by atomic mass is 9.99. The minimum Gasteiger partial charge on any atom is -0.462 e. The first kappa shape index (κ1) is 91.1. The van der Waals surface area contributed by atoms with Crippen molar-refractivity contribution in [1.29, 1.82) is 0 Å². The van der Waals surface area contributed by atoms with Crippen molar-refractivity contribution in [3.63, 3.8) is 0 Å². The monoisotopic (exact) mass is 1370 g/mol. The number of hydrogen-bond acceptors (Lipinski definition) is 15. The summed E-state index contributed by atoms with van der Waals surface area (Å²) in [5, 5.41) is 10.6. The van der Waals surface area contributed by atoms with E-state index in [-0.39, 0.29) is 25.7 Å². The number of carbonyl (C=O) groups excluding carboxylic acids is 4. The highest BCUT2D eigenvalue weighted by Crippen LogP contribution is 2.45. The van der Waals surface area contributed by atoms with Gasteiger partial charge in [-0.05, 0) is 37.5 Å². The molecule has 0 aliphatic heterocycles. The second kappa shape index (κ2) is 66.0. The zero-order valence-electron chi connectivity index (χ0n) is 60.6. The van der Waals surface area contributed by atoms with Gasteiger partial charge in [-0.15, -0.1) is 0 Å². The molecule has 0 aromatic rings. The van der Waals surface area contributed by atoms with Gasteiger partial charge in [0, 0.05) is 25.7 Å². The standard InChI is InChI=1S/C74H144O17P2/c1-7-10-12-14-16-18-20-22-23-24-25-26-27-29-31-41-47-53-59-74(79)91-70(63-85-72(77)57-51-45-39-35-33-37-43-49-55-67(6)9-3)65-89-93(82,83)87-61-68(75)60-86-92(80,81)88-64-69(62-84-71(76)56-50-44-38-34-32-36-42-48-54-66(4)5)90-73(78)58-52-46-40-30-28-21-19-17-15-13-11-8-2/h66-70,75H,7-65H2,1-6H3,(H,80,81)(H,82,83)/t67?,68-,69+,70+/m0/s1. The van der Waals surface area contributed by atoms with E-state index in [1.807, 2.05) is 0 Å².